The van der Waals surface area contributed by atoms with Crippen LogP contribution in [0.25, 0.3) is 0 Å². The van der Waals surface area contributed by atoms with Gasteiger partial charge in [-0.05, 0) is 67.6 Å². The summed E-state index contributed by atoms with van der Waals surface area (Å²) in [5.74, 6) is -1.71. The monoisotopic (exact) mass is 389 g/mol. The highest BCUT2D eigenvalue weighted by molar-refractivity contribution is 6.33. The number of amides is 1. The largest absolute Gasteiger partial charge is 0.478 e. The zero-order chi connectivity index (χ0) is 19.9. The maximum Gasteiger partial charge on any atom is 0.335 e. The van der Waals surface area contributed by atoms with Crippen LogP contribution in [-0.2, 0) is 0 Å². The molecule has 0 saturated heterocycles. The van der Waals surface area contributed by atoms with Crippen LogP contribution in [-0.4, -0.2) is 27.9 Å². The first-order valence-electron chi connectivity index (χ1n) is 8.85. The van der Waals surface area contributed by atoms with E-state index in [9.17, 15) is 19.1 Å². The average Bonchev–Trinajstić information content (AvgIpc) is 2.92. The third kappa shape index (κ3) is 3.56. The lowest BCUT2D eigenvalue weighted by atomic mass is 10.0. The smallest absolute Gasteiger partial charge is 0.335 e. The lowest BCUT2D eigenvalue weighted by Gasteiger charge is -2.34. The van der Waals surface area contributed by atoms with Crippen LogP contribution in [0, 0.1) is 5.82 Å². The zero-order valence-electron chi connectivity index (χ0n) is 15.4. The van der Waals surface area contributed by atoms with E-state index in [0.717, 1.165) is 17.2 Å². The van der Waals surface area contributed by atoms with E-state index < -0.39 is 11.8 Å². The molecule has 0 heterocycles. The molecular formula is C21H21ClFNO3. The summed E-state index contributed by atoms with van der Waals surface area (Å²) in [5, 5.41) is 9.52. The molecule has 0 saturated carbocycles. The number of carbonyl (C=O) groups is 2. The Balaban J connectivity index is 2.07. The molecule has 0 spiro atoms. The summed E-state index contributed by atoms with van der Waals surface area (Å²) in [5.41, 5.74) is 2.17. The second-order valence-electron chi connectivity index (χ2n) is 7.23. The van der Waals surface area contributed by atoms with E-state index in [-0.39, 0.29) is 40.1 Å². The van der Waals surface area contributed by atoms with Crippen molar-refractivity contribution in [3.05, 3.63) is 69.5 Å². The van der Waals surface area contributed by atoms with Gasteiger partial charge in [-0.1, -0.05) is 24.6 Å². The number of carbonyl (C=O) groups excluding carboxylic acids is 1. The van der Waals surface area contributed by atoms with Crippen LogP contribution in [0.2, 0.25) is 5.02 Å². The van der Waals surface area contributed by atoms with Gasteiger partial charge in [0, 0.05) is 6.04 Å². The molecule has 1 aliphatic carbocycles. The Labute approximate surface area is 162 Å². The van der Waals surface area contributed by atoms with E-state index in [1.54, 1.807) is 17.0 Å². The fourth-order valence-corrected chi connectivity index (χ4v) is 4.03. The van der Waals surface area contributed by atoms with E-state index >= 15 is 0 Å². The maximum absolute atomic E-state index is 13.7. The van der Waals surface area contributed by atoms with Gasteiger partial charge < -0.3 is 10.0 Å². The highest BCUT2D eigenvalue weighted by atomic mass is 35.5. The molecule has 27 heavy (non-hydrogen) atoms. The first-order chi connectivity index (χ1) is 12.7. The van der Waals surface area contributed by atoms with Gasteiger partial charge in [-0.2, -0.15) is 0 Å². The summed E-state index contributed by atoms with van der Waals surface area (Å²) in [4.78, 5) is 26.3. The number of fused-ring (bicyclic) bond motifs is 1. The maximum atomic E-state index is 13.7. The fourth-order valence-electron chi connectivity index (χ4n) is 3.83. The van der Waals surface area contributed by atoms with Crippen molar-refractivity contribution in [3.8, 4) is 0 Å². The highest BCUT2D eigenvalue weighted by Crippen LogP contribution is 2.45. The van der Waals surface area contributed by atoms with E-state index in [1.165, 1.54) is 12.1 Å². The van der Waals surface area contributed by atoms with Gasteiger partial charge in [0.05, 0.1) is 22.2 Å². The number of rotatable bonds is 4. The molecule has 1 unspecified atom stereocenters. The number of aromatic carboxylic acids is 1. The second-order valence-corrected chi connectivity index (χ2v) is 7.64. The molecule has 6 heteroatoms. The Morgan fingerprint density at radius 2 is 1.89 bits per heavy atom. The molecule has 2 aromatic carbocycles. The molecule has 1 amide bonds. The molecule has 0 bridgehead atoms. The van der Waals surface area contributed by atoms with Gasteiger partial charge >= 0.3 is 5.97 Å². The summed E-state index contributed by atoms with van der Waals surface area (Å²) in [6.45, 7) is 5.82. The number of halogens is 2. The van der Waals surface area contributed by atoms with E-state index in [4.69, 9.17) is 11.6 Å². The lowest BCUT2D eigenvalue weighted by molar-refractivity contribution is 0.0601. The van der Waals surface area contributed by atoms with Crippen molar-refractivity contribution < 1.29 is 19.1 Å². The van der Waals surface area contributed by atoms with Crippen molar-refractivity contribution >= 4 is 23.5 Å². The van der Waals surface area contributed by atoms with E-state index in [2.05, 4.69) is 6.92 Å². The Morgan fingerprint density at radius 3 is 2.52 bits per heavy atom. The normalized spacial score (nSPS) is 18.4. The third-order valence-corrected chi connectivity index (χ3v) is 5.42. The van der Waals surface area contributed by atoms with Crippen molar-refractivity contribution in [1.29, 1.82) is 0 Å². The number of hydrogen-bond acceptors (Lipinski definition) is 2. The SMILES string of the molecule is CC(C)N(C(=O)c1cc(F)ccc1Cl)C1C[C@@H](C)c2ccc(C(=O)O)cc21. The van der Waals surface area contributed by atoms with Crippen LogP contribution >= 0.6 is 11.6 Å². The molecule has 0 aromatic heterocycles. The minimum atomic E-state index is -1.01. The van der Waals surface area contributed by atoms with Crippen molar-refractivity contribution in [1.82, 2.24) is 4.90 Å². The average molecular weight is 390 g/mol. The van der Waals surface area contributed by atoms with Gasteiger partial charge in [-0.3, -0.25) is 4.79 Å². The van der Waals surface area contributed by atoms with Crippen LogP contribution in [0.5, 0.6) is 0 Å². The first-order valence-corrected chi connectivity index (χ1v) is 9.23. The molecule has 0 radical (unpaired) electrons. The molecule has 0 fully saturated rings. The number of nitrogens with zero attached hydrogens (tertiary/aromatic N) is 1. The minimum absolute atomic E-state index is 0.112. The second kappa shape index (κ2) is 7.31. The molecule has 2 aromatic rings. The van der Waals surface area contributed by atoms with Crippen molar-refractivity contribution in [3.63, 3.8) is 0 Å². The molecule has 1 N–H and O–H groups in total. The molecule has 1 aliphatic rings. The number of carboxylic acid groups (broad SMARTS) is 1. The topological polar surface area (TPSA) is 57.6 Å². The molecule has 4 nitrogen and oxygen atoms in total. The summed E-state index contributed by atoms with van der Waals surface area (Å²) in [6.07, 6.45) is 0.676. The minimum Gasteiger partial charge on any atom is -0.478 e. The third-order valence-electron chi connectivity index (χ3n) is 5.09. The number of carboxylic acids is 1. The first kappa shape index (κ1) is 19.4. The molecular weight excluding hydrogens is 369 g/mol. The van der Waals surface area contributed by atoms with Crippen LogP contribution in [0.15, 0.2) is 36.4 Å². The lowest BCUT2D eigenvalue weighted by Crippen LogP contribution is -2.39. The fraction of sp³-hybridized carbons (Fsp3) is 0.333. The quantitative estimate of drug-likeness (QED) is 0.774. The van der Waals surface area contributed by atoms with E-state index in [0.29, 0.717) is 6.42 Å². The van der Waals surface area contributed by atoms with Gasteiger partial charge in [0.15, 0.2) is 0 Å². The Hall–Kier alpha value is -2.40. The molecule has 3 rings (SSSR count). The summed E-state index contributed by atoms with van der Waals surface area (Å²) in [7, 11) is 0. The van der Waals surface area contributed by atoms with Crippen LogP contribution in [0.3, 0.4) is 0 Å². The summed E-state index contributed by atoms with van der Waals surface area (Å²) >= 11 is 6.15. The van der Waals surface area contributed by atoms with Gasteiger partial charge in [-0.25, -0.2) is 9.18 Å². The zero-order valence-corrected chi connectivity index (χ0v) is 16.1. The summed E-state index contributed by atoms with van der Waals surface area (Å²) in [6, 6.07) is 8.32. The Bertz CT molecular complexity index is 912. The predicted octanol–water partition coefficient (Wildman–Crippen LogP) is 5.28. The van der Waals surface area contributed by atoms with Gasteiger partial charge in [-0.15, -0.1) is 0 Å². The van der Waals surface area contributed by atoms with Crippen molar-refractivity contribution in [2.45, 2.75) is 45.2 Å². The molecule has 0 aliphatic heterocycles. The van der Waals surface area contributed by atoms with Crippen LogP contribution < -0.4 is 0 Å². The predicted molar refractivity (Wildman–Crippen MR) is 102 cm³/mol. The standard InChI is InChI=1S/C21H21ClFNO3/c1-11(2)24(20(25)17-10-14(23)5-7-18(17)22)19-8-12(3)15-6-4-13(21(26)27)9-16(15)19/h4-7,9-12,19H,8H2,1-3H3,(H,26,27)/t12-,19?/m1/s1. The Kier molecular flexibility index (Phi) is 5.24. The van der Waals surface area contributed by atoms with Gasteiger partial charge in [0.2, 0.25) is 0 Å². The van der Waals surface area contributed by atoms with Crippen LogP contribution in [0.1, 0.15) is 71.0 Å². The van der Waals surface area contributed by atoms with Gasteiger partial charge in [0.25, 0.3) is 5.91 Å². The van der Waals surface area contributed by atoms with Gasteiger partial charge in [0.1, 0.15) is 5.82 Å². The highest BCUT2D eigenvalue weighted by Gasteiger charge is 2.37. The summed E-state index contributed by atoms with van der Waals surface area (Å²) < 4.78 is 13.7. The Morgan fingerprint density at radius 1 is 1.19 bits per heavy atom. The number of hydrogen-bond donors (Lipinski definition) is 1. The number of benzene rings is 2. The molecule has 142 valence electrons. The molecule has 2 atom stereocenters. The van der Waals surface area contributed by atoms with Crippen molar-refractivity contribution in [2.75, 3.05) is 0 Å². The van der Waals surface area contributed by atoms with E-state index in [1.807, 2.05) is 19.9 Å². The van der Waals surface area contributed by atoms with Crippen LogP contribution in [0.4, 0.5) is 4.39 Å². The van der Waals surface area contributed by atoms with Crippen molar-refractivity contribution in [2.24, 2.45) is 0 Å².